The molecule has 0 aromatic heterocycles. The minimum Gasteiger partial charge on any atom is -0.508 e. The lowest BCUT2D eigenvalue weighted by atomic mass is 9.99. The number of hydrogen-bond acceptors (Lipinski definition) is 1. The van der Waals surface area contributed by atoms with Gasteiger partial charge in [-0.15, -0.1) is 0 Å². The summed E-state index contributed by atoms with van der Waals surface area (Å²) in [6.07, 6.45) is 14.3. The highest BCUT2D eigenvalue weighted by Crippen LogP contribution is 2.24. The van der Waals surface area contributed by atoms with Crippen molar-refractivity contribution in [2.75, 3.05) is 0 Å². The Morgan fingerprint density at radius 1 is 1.00 bits per heavy atom. The van der Waals surface area contributed by atoms with Gasteiger partial charge in [0.1, 0.15) is 5.75 Å². The second kappa shape index (κ2) is 9.66. The molecule has 106 valence electrons. The molecule has 0 amide bonds. The molecule has 1 rings (SSSR count). The highest BCUT2D eigenvalue weighted by molar-refractivity contribution is 5.57. The Morgan fingerprint density at radius 2 is 1.68 bits per heavy atom. The van der Waals surface area contributed by atoms with Gasteiger partial charge in [-0.1, -0.05) is 69.7 Å². The average Bonchev–Trinajstić information content (AvgIpc) is 2.41. The van der Waals surface area contributed by atoms with Gasteiger partial charge in [0.05, 0.1) is 0 Å². The molecule has 0 saturated carbocycles. The van der Waals surface area contributed by atoms with Crippen LogP contribution < -0.4 is 0 Å². The summed E-state index contributed by atoms with van der Waals surface area (Å²) in [5.74, 6) is 0.446. The average molecular weight is 260 g/mol. The first-order chi connectivity index (χ1) is 9.29. The summed E-state index contributed by atoms with van der Waals surface area (Å²) in [4.78, 5) is 0. The van der Waals surface area contributed by atoms with Crippen molar-refractivity contribution in [1.29, 1.82) is 0 Å². The lowest BCUT2D eigenvalue weighted by Gasteiger charge is -2.08. The molecule has 0 aliphatic rings. The summed E-state index contributed by atoms with van der Waals surface area (Å²) in [6, 6.07) is 5.79. The first kappa shape index (κ1) is 15.8. The number of phenols is 1. The summed E-state index contributed by atoms with van der Waals surface area (Å²) in [5.41, 5.74) is 2.27. The van der Waals surface area contributed by atoms with Crippen LogP contribution in [0.2, 0.25) is 0 Å². The second-order valence-corrected chi connectivity index (χ2v) is 5.22. The molecule has 0 aliphatic heterocycles. The molecule has 0 fully saturated rings. The quantitative estimate of drug-likeness (QED) is 0.563. The van der Waals surface area contributed by atoms with E-state index in [1.54, 1.807) is 6.07 Å². The molecule has 0 bridgehead atoms. The third-order valence-electron chi connectivity index (χ3n) is 3.56. The number of rotatable bonds is 9. The minimum absolute atomic E-state index is 0.446. The van der Waals surface area contributed by atoms with Gasteiger partial charge in [0.2, 0.25) is 0 Å². The molecular weight excluding hydrogens is 232 g/mol. The molecule has 1 aromatic rings. The SMILES string of the molecule is C/C=C\c1cccc(O)c1CCCCCCCCC. The van der Waals surface area contributed by atoms with Crippen molar-refractivity contribution in [2.45, 2.75) is 65.2 Å². The van der Waals surface area contributed by atoms with Crippen molar-refractivity contribution in [2.24, 2.45) is 0 Å². The van der Waals surface area contributed by atoms with Gasteiger partial charge in [0.25, 0.3) is 0 Å². The van der Waals surface area contributed by atoms with E-state index >= 15 is 0 Å². The van der Waals surface area contributed by atoms with Gasteiger partial charge in [-0.05, 0) is 31.4 Å². The van der Waals surface area contributed by atoms with Gasteiger partial charge in [0.15, 0.2) is 0 Å². The summed E-state index contributed by atoms with van der Waals surface area (Å²) in [6.45, 7) is 4.27. The maximum Gasteiger partial charge on any atom is 0.119 e. The van der Waals surface area contributed by atoms with Crippen LogP contribution in [0.15, 0.2) is 24.3 Å². The number of aromatic hydroxyl groups is 1. The Balaban J connectivity index is 2.36. The van der Waals surface area contributed by atoms with E-state index in [0.717, 1.165) is 17.5 Å². The summed E-state index contributed by atoms with van der Waals surface area (Å²) >= 11 is 0. The third-order valence-corrected chi connectivity index (χ3v) is 3.56. The van der Waals surface area contributed by atoms with E-state index in [1.807, 2.05) is 19.1 Å². The fourth-order valence-electron chi connectivity index (χ4n) is 2.46. The lowest BCUT2D eigenvalue weighted by molar-refractivity contribution is 0.465. The Kier molecular flexibility index (Phi) is 8.04. The van der Waals surface area contributed by atoms with Gasteiger partial charge >= 0.3 is 0 Å². The molecular formula is C18H28O. The topological polar surface area (TPSA) is 20.2 Å². The molecule has 1 heteroatoms. The maximum absolute atomic E-state index is 9.96. The molecule has 0 atom stereocenters. The smallest absolute Gasteiger partial charge is 0.119 e. The monoisotopic (exact) mass is 260 g/mol. The van der Waals surface area contributed by atoms with Gasteiger partial charge < -0.3 is 5.11 Å². The van der Waals surface area contributed by atoms with Crippen molar-refractivity contribution in [1.82, 2.24) is 0 Å². The highest BCUT2D eigenvalue weighted by atomic mass is 16.3. The third kappa shape index (κ3) is 5.96. The van der Waals surface area contributed by atoms with Crippen molar-refractivity contribution < 1.29 is 5.11 Å². The zero-order valence-electron chi connectivity index (χ0n) is 12.5. The molecule has 0 saturated heterocycles. The first-order valence-electron chi connectivity index (χ1n) is 7.73. The Labute approximate surface area is 118 Å². The van der Waals surface area contributed by atoms with E-state index in [0.29, 0.717) is 5.75 Å². The lowest BCUT2D eigenvalue weighted by Crippen LogP contribution is -1.91. The van der Waals surface area contributed by atoms with E-state index in [9.17, 15) is 5.11 Å². The standard InChI is InChI=1S/C18H28O/c1-3-5-6-7-8-9-10-14-17-16(12-4-2)13-11-15-18(17)19/h4,11-13,15,19H,3,5-10,14H2,1-2H3/b12-4-. The van der Waals surface area contributed by atoms with E-state index < -0.39 is 0 Å². The number of unbranched alkanes of at least 4 members (excludes halogenated alkanes) is 6. The Morgan fingerprint density at radius 3 is 2.37 bits per heavy atom. The molecule has 0 spiro atoms. The second-order valence-electron chi connectivity index (χ2n) is 5.22. The largest absolute Gasteiger partial charge is 0.508 e. The normalized spacial score (nSPS) is 11.3. The molecule has 1 nitrogen and oxygen atoms in total. The summed E-state index contributed by atoms with van der Waals surface area (Å²) < 4.78 is 0. The van der Waals surface area contributed by atoms with E-state index in [2.05, 4.69) is 19.1 Å². The van der Waals surface area contributed by atoms with E-state index in [1.165, 1.54) is 44.9 Å². The van der Waals surface area contributed by atoms with Crippen LogP contribution in [0.5, 0.6) is 5.75 Å². The molecule has 19 heavy (non-hydrogen) atoms. The van der Waals surface area contributed by atoms with Crippen LogP contribution in [-0.2, 0) is 6.42 Å². The maximum atomic E-state index is 9.96. The van der Waals surface area contributed by atoms with Crippen LogP contribution in [0.3, 0.4) is 0 Å². The van der Waals surface area contributed by atoms with Crippen molar-refractivity contribution in [3.63, 3.8) is 0 Å². The van der Waals surface area contributed by atoms with Crippen molar-refractivity contribution in [3.8, 4) is 5.75 Å². The molecule has 0 unspecified atom stereocenters. The van der Waals surface area contributed by atoms with Gasteiger partial charge in [-0.25, -0.2) is 0 Å². The van der Waals surface area contributed by atoms with Crippen molar-refractivity contribution in [3.05, 3.63) is 35.4 Å². The van der Waals surface area contributed by atoms with E-state index in [-0.39, 0.29) is 0 Å². The molecule has 1 aromatic carbocycles. The van der Waals surface area contributed by atoms with Crippen LogP contribution in [0.4, 0.5) is 0 Å². The molecule has 1 N–H and O–H groups in total. The number of phenolic OH excluding ortho intramolecular Hbond substituents is 1. The first-order valence-corrected chi connectivity index (χ1v) is 7.73. The number of allylic oxidation sites excluding steroid dienone is 1. The zero-order valence-corrected chi connectivity index (χ0v) is 12.5. The fourth-order valence-corrected chi connectivity index (χ4v) is 2.46. The summed E-state index contributed by atoms with van der Waals surface area (Å²) in [7, 11) is 0. The highest BCUT2D eigenvalue weighted by Gasteiger charge is 2.05. The summed E-state index contributed by atoms with van der Waals surface area (Å²) in [5, 5.41) is 9.96. The van der Waals surface area contributed by atoms with Crippen LogP contribution >= 0.6 is 0 Å². The predicted octanol–water partition coefficient (Wildman–Crippen LogP) is 5.72. The van der Waals surface area contributed by atoms with Crippen LogP contribution in [-0.4, -0.2) is 5.11 Å². The number of hydrogen-bond donors (Lipinski definition) is 1. The fraction of sp³-hybridized carbons (Fsp3) is 0.556. The predicted molar refractivity (Wildman–Crippen MR) is 84.5 cm³/mol. The van der Waals surface area contributed by atoms with Crippen LogP contribution in [0, 0.1) is 0 Å². The molecule has 0 aliphatic carbocycles. The van der Waals surface area contributed by atoms with Crippen LogP contribution in [0.25, 0.3) is 6.08 Å². The number of benzene rings is 1. The molecule has 0 radical (unpaired) electrons. The zero-order chi connectivity index (χ0) is 13.9. The van der Waals surface area contributed by atoms with Gasteiger partial charge in [-0.3, -0.25) is 0 Å². The molecule has 0 heterocycles. The van der Waals surface area contributed by atoms with Gasteiger partial charge in [-0.2, -0.15) is 0 Å². The van der Waals surface area contributed by atoms with Crippen molar-refractivity contribution >= 4 is 6.08 Å². The minimum atomic E-state index is 0.446. The van der Waals surface area contributed by atoms with E-state index in [4.69, 9.17) is 0 Å². The van der Waals surface area contributed by atoms with Gasteiger partial charge in [0, 0.05) is 5.56 Å². The Bertz CT molecular complexity index is 379. The Hall–Kier alpha value is -1.24. The van der Waals surface area contributed by atoms with Crippen LogP contribution in [0.1, 0.15) is 69.9 Å².